The molecule has 0 bridgehead atoms. The van der Waals surface area contributed by atoms with Crippen molar-refractivity contribution in [2.24, 2.45) is 0 Å². The molecule has 0 atom stereocenters. The van der Waals surface area contributed by atoms with Crippen molar-refractivity contribution in [1.82, 2.24) is 0 Å². The van der Waals surface area contributed by atoms with Crippen LogP contribution < -0.4 is 0 Å². The molecule has 0 amide bonds. The quantitative estimate of drug-likeness (QED) is 0.138. The fourth-order valence-corrected chi connectivity index (χ4v) is 3.95. The molecule has 0 aromatic carbocycles. The summed E-state index contributed by atoms with van der Waals surface area (Å²) in [5, 5.41) is 8.56. The van der Waals surface area contributed by atoms with Crippen molar-refractivity contribution in [3.63, 3.8) is 0 Å². The smallest absolute Gasteiger partial charge is 0.0751 e. The van der Waals surface area contributed by atoms with E-state index in [1.54, 1.807) is 0 Å². The molecule has 0 saturated carbocycles. The molecule has 0 aromatic rings. The molecular weight excluding hydrogens is 328 g/mol. The van der Waals surface area contributed by atoms with E-state index in [1.807, 2.05) is 6.08 Å². The lowest BCUT2D eigenvalue weighted by Crippen LogP contribution is -1.84. The van der Waals surface area contributed by atoms with Gasteiger partial charge in [-0.05, 0) is 12.8 Å². The Morgan fingerprint density at radius 1 is 0.407 bits per heavy atom. The molecule has 1 heteroatoms. The third-order valence-electron chi connectivity index (χ3n) is 5.83. The minimum atomic E-state index is 1.04. The zero-order chi connectivity index (χ0) is 19.7. The zero-order valence-corrected chi connectivity index (χ0v) is 18.9. The maximum absolute atomic E-state index is 8.56. The van der Waals surface area contributed by atoms with Crippen LogP contribution in [0.4, 0.5) is 0 Å². The van der Waals surface area contributed by atoms with Gasteiger partial charge in [-0.2, -0.15) is 0 Å². The van der Waals surface area contributed by atoms with Crippen molar-refractivity contribution in [1.29, 1.82) is 0 Å². The summed E-state index contributed by atoms with van der Waals surface area (Å²) in [6.45, 7) is 2.30. The van der Waals surface area contributed by atoms with Gasteiger partial charge in [0.2, 0.25) is 0 Å². The van der Waals surface area contributed by atoms with E-state index in [4.69, 9.17) is 5.11 Å². The van der Waals surface area contributed by atoms with Gasteiger partial charge in [-0.3, -0.25) is 0 Å². The monoisotopic (exact) mass is 380 g/mol. The largest absolute Gasteiger partial charge is 0.516 e. The summed E-state index contributed by atoms with van der Waals surface area (Å²) in [7, 11) is 0. The molecule has 0 aromatic heterocycles. The van der Waals surface area contributed by atoms with Gasteiger partial charge < -0.3 is 5.11 Å². The Kier molecular flexibility index (Phi) is 25.1. The molecule has 0 unspecified atom stereocenters. The first kappa shape index (κ1) is 26.5. The Labute approximate surface area is 172 Å². The van der Waals surface area contributed by atoms with Gasteiger partial charge in [0.1, 0.15) is 0 Å². The number of hydrogen-bond donors (Lipinski definition) is 1. The second kappa shape index (κ2) is 25.5. The third kappa shape index (κ3) is 25.5. The molecule has 27 heavy (non-hydrogen) atoms. The standard InChI is InChI=1S/C26H52O/c1-2-3-4-5-6-7-8-9-10-11-12-13-14-15-16-17-18-19-20-21-22-23-24-25-26-27/h25-27H,2-24H2,1H3/b26-25+. The number of rotatable bonds is 23. The number of unbranched alkanes of at least 4 members (excludes halogenated alkanes) is 22. The molecule has 0 heterocycles. The fraction of sp³-hybridized carbons (Fsp3) is 0.923. The summed E-state index contributed by atoms with van der Waals surface area (Å²) in [6, 6.07) is 0. The Morgan fingerprint density at radius 2 is 0.667 bits per heavy atom. The van der Waals surface area contributed by atoms with Crippen LogP contribution in [0.15, 0.2) is 12.3 Å². The number of aliphatic hydroxyl groups excluding tert-OH is 1. The van der Waals surface area contributed by atoms with Crippen molar-refractivity contribution in [3.8, 4) is 0 Å². The van der Waals surface area contributed by atoms with Gasteiger partial charge in [-0.1, -0.05) is 148 Å². The summed E-state index contributed by atoms with van der Waals surface area (Å²) in [4.78, 5) is 0. The van der Waals surface area contributed by atoms with Crippen molar-refractivity contribution in [2.45, 2.75) is 155 Å². The summed E-state index contributed by atoms with van der Waals surface area (Å²) in [6.07, 6.45) is 35.6. The van der Waals surface area contributed by atoms with E-state index in [1.165, 1.54) is 148 Å². The van der Waals surface area contributed by atoms with Crippen LogP contribution in [0.1, 0.15) is 155 Å². The van der Waals surface area contributed by atoms with E-state index in [9.17, 15) is 0 Å². The molecule has 0 aliphatic rings. The van der Waals surface area contributed by atoms with E-state index in [2.05, 4.69) is 6.92 Å². The molecule has 0 saturated heterocycles. The van der Waals surface area contributed by atoms with E-state index in [0.29, 0.717) is 0 Å². The number of allylic oxidation sites excluding steroid dienone is 1. The van der Waals surface area contributed by atoms with Gasteiger partial charge in [0.05, 0.1) is 6.26 Å². The molecule has 162 valence electrons. The van der Waals surface area contributed by atoms with E-state index in [0.717, 1.165) is 6.42 Å². The molecule has 0 aliphatic carbocycles. The van der Waals surface area contributed by atoms with Crippen molar-refractivity contribution >= 4 is 0 Å². The Bertz CT molecular complexity index is 271. The maximum Gasteiger partial charge on any atom is 0.0751 e. The first-order valence-electron chi connectivity index (χ1n) is 12.7. The minimum absolute atomic E-state index is 1.04. The summed E-state index contributed by atoms with van der Waals surface area (Å²) >= 11 is 0. The molecular formula is C26H52O. The summed E-state index contributed by atoms with van der Waals surface area (Å²) in [5.41, 5.74) is 0. The van der Waals surface area contributed by atoms with Crippen molar-refractivity contribution in [3.05, 3.63) is 12.3 Å². The van der Waals surface area contributed by atoms with Gasteiger partial charge in [0, 0.05) is 0 Å². The van der Waals surface area contributed by atoms with Gasteiger partial charge in [-0.15, -0.1) is 0 Å². The predicted molar refractivity (Wildman–Crippen MR) is 124 cm³/mol. The van der Waals surface area contributed by atoms with Crippen LogP contribution >= 0.6 is 0 Å². The predicted octanol–water partition coefficient (Wildman–Crippen LogP) is 10.1. The zero-order valence-electron chi connectivity index (χ0n) is 18.9. The lowest BCUT2D eigenvalue weighted by Gasteiger charge is -2.04. The van der Waals surface area contributed by atoms with Crippen LogP contribution in [0.5, 0.6) is 0 Å². The highest BCUT2D eigenvalue weighted by Gasteiger charge is 1.95. The highest BCUT2D eigenvalue weighted by atomic mass is 16.2. The van der Waals surface area contributed by atoms with E-state index in [-0.39, 0.29) is 0 Å². The number of hydrogen-bond acceptors (Lipinski definition) is 1. The Balaban J connectivity index is 2.97. The molecule has 0 aliphatic heterocycles. The summed E-state index contributed by atoms with van der Waals surface area (Å²) < 4.78 is 0. The van der Waals surface area contributed by atoms with Gasteiger partial charge in [0.15, 0.2) is 0 Å². The lowest BCUT2D eigenvalue weighted by atomic mass is 10.0. The highest BCUT2D eigenvalue weighted by Crippen LogP contribution is 2.15. The maximum atomic E-state index is 8.56. The second-order valence-electron chi connectivity index (χ2n) is 8.60. The summed E-state index contributed by atoms with van der Waals surface area (Å²) in [5.74, 6) is 0. The Morgan fingerprint density at radius 3 is 0.926 bits per heavy atom. The van der Waals surface area contributed by atoms with Crippen LogP contribution in [0.25, 0.3) is 0 Å². The van der Waals surface area contributed by atoms with Crippen molar-refractivity contribution in [2.75, 3.05) is 0 Å². The minimum Gasteiger partial charge on any atom is -0.516 e. The van der Waals surface area contributed by atoms with Crippen LogP contribution in [-0.4, -0.2) is 5.11 Å². The second-order valence-corrected chi connectivity index (χ2v) is 8.60. The SMILES string of the molecule is CCCCCCCCCCCCCCCCCCCCCCCC/C=C/O. The number of aliphatic hydroxyl groups is 1. The van der Waals surface area contributed by atoms with Gasteiger partial charge in [0.25, 0.3) is 0 Å². The van der Waals surface area contributed by atoms with Crippen LogP contribution in [0.2, 0.25) is 0 Å². The highest BCUT2D eigenvalue weighted by molar-refractivity contribution is 4.70. The van der Waals surface area contributed by atoms with Gasteiger partial charge in [-0.25, -0.2) is 0 Å². The van der Waals surface area contributed by atoms with E-state index >= 15 is 0 Å². The molecule has 1 nitrogen and oxygen atoms in total. The van der Waals surface area contributed by atoms with Crippen molar-refractivity contribution < 1.29 is 5.11 Å². The van der Waals surface area contributed by atoms with Crippen LogP contribution in [0.3, 0.4) is 0 Å². The Hall–Kier alpha value is -0.460. The van der Waals surface area contributed by atoms with Gasteiger partial charge >= 0.3 is 0 Å². The first-order valence-corrected chi connectivity index (χ1v) is 12.7. The third-order valence-corrected chi connectivity index (χ3v) is 5.83. The fourth-order valence-electron chi connectivity index (χ4n) is 3.95. The molecule has 1 N–H and O–H groups in total. The average molecular weight is 381 g/mol. The van der Waals surface area contributed by atoms with E-state index < -0.39 is 0 Å². The topological polar surface area (TPSA) is 20.2 Å². The first-order chi connectivity index (χ1) is 13.4. The molecule has 0 fully saturated rings. The molecule has 0 rings (SSSR count). The normalized spacial score (nSPS) is 11.6. The average Bonchev–Trinajstić information content (AvgIpc) is 2.68. The molecule has 0 radical (unpaired) electrons. The van der Waals surface area contributed by atoms with Crippen LogP contribution in [-0.2, 0) is 0 Å². The molecule has 0 spiro atoms. The lowest BCUT2D eigenvalue weighted by molar-refractivity contribution is 0.469. The van der Waals surface area contributed by atoms with Crippen LogP contribution in [0, 0.1) is 0 Å².